The fourth-order valence-corrected chi connectivity index (χ4v) is 4.60. The van der Waals surface area contributed by atoms with Crippen LogP contribution in [0.2, 0.25) is 0 Å². The summed E-state index contributed by atoms with van der Waals surface area (Å²) < 4.78 is 0. The van der Waals surface area contributed by atoms with Crippen LogP contribution in [0.5, 0.6) is 0 Å². The highest BCUT2D eigenvalue weighted by Gasteiger charge is 2.28. The standard InChI is InChI=1S/C21H24N4OS/c1-2-7-17(16-8-4-3-5-9-16)20(26)24-12-14-25(15-13-24)21-23-18-10-6-11-22-19(18)27-21/h3-6,8-11,17H,2,7,12-15H2,1H3. The number of carbonyl (C=O) groups is 1. The lowest BCUT2D eigenvalue weighted by Crippen LogP contribution is -2.50. The summed E-state index contributed by atoms with van der Waals surface area (Å²) >= 11 is 1.62. The molecule has 0 radical (unpaired) electrons. The maximum absolute atomic E-state index is 13.2. The molecule has 3 aromatic rings. The normalized spacial score (nSPS) is 15.9. The van der Waals surface area contributed by atoms with Crippen LogP contribution in [-0.4, -0.2) is 47.0 Å². The van der Waals surface area contributed by atoms with Gasteiger partial charge < -0.3 is 9.80 Å². The number of hydrogen-bond acceptors (Lipinski definition) is 5. The van der Waals surface area contributed by atoms with Gasteiger partial charge in [0.25, 0.3) is 0 Å². The predicted octanol–water partition coefficient (Wildman–Crippen LogP) is 3.92. The van der Waals surface area contributed by atoms with E-state index in [9.17, 15) is 4.79 Å². The van der Waals surface area contributed by atoms with Crippen molar-refractivity contribution in [2.45, 2.75) is 25.7 Å². The van der Waals surface area contributed by atoms with Gasteiger partial charge in [-0.05, 0) is 24.1 Å². The second kappa shape index (κ2) is 8.05. The van der Waals surface area contributed by atoms with E-state index >= 15 is 0 Å². The average molecular weight is 381 g/mol. The third kappa shape index (κ3) is 3.81. The number of aromatic nitrogens is 2. The molecular weight excluding hydrogens is 356 g/mol. The van der Waals surface area contributed by atoms with E-state index in [2.05, 4.69) is 28.9 Å². The Labute approximate surface area is 163 Å². The highest BCUT2D eigenvalue weighted by molar-refractivity contribution is 7.21. The Hall–Kier alpha value is -2.47. The van der Waals surface area contributed by atoms with Crippen molar-refractivity contribution in [3.8, 4) is 0 Å². The van der Waals surface area contributed by atoms with E-state index in [1.807, 2.05) is 35.2 Å². The van der Waals surface area contributed by atoms with Crippen molar-refractivity contribution in [1.29, 1.82) is 0 Å². The monoisotopic (exact) mass is 380 g/mol. The first-order chi connectivity index (χ1) is 13.3. The smallest absolute Gasteiger partial charge is 0.230 e. The molecule has 1 unspecified atom stereocenters. The molecule has 5 nitrogen and oxygen atoms in total. The third-order valence-electron chi connectivity index (χ3n) is 5.09. The summed E-state index contributed by atoms with van der Waals surface area (Å²) in [5.41, 5.74) is 2.08. The van der Waals surface area contributed by atoms with Gasteiger partial charge in [0.1, 0.15) is 10.3 Å². The molecule has 0 spiro atoms. The number of anilines is 1. The molecule has 1 saturated heterocycles. The molecule has 140 valence electrons. The van der Waals surface area contributed by atoms with Gasteiger partial charge in [0, 0.05) is 32.4 Å². The van der Waals surface area contributed by atoms with Gasteiger partial charge in [-0.3, -0.25) is 4.79 Å². The number of thiazole rings is 1. The lowest BCUT2D eigenvalue weighted by molar-refractivity contribution is -0.133. The summed E-state index contributed by atoms with van der Waals surface area (Å²) in [5, 5.41) is 1.00. The van der Waals surface area contributed by atoms with Crippen molar-refractivity contribution in [2.75, 3.05) is 31.1 Å². The van der Waals surface area contributed by atoms with Crippen LogP contribution in [0.4, 0.5) is 5.13 Å². The largest absolute Gasteiger partial charge is 0.344 e. The molecule has 1 atom stereocenters. The maximum Gasteiger partial charge on any atom is 0.230 e. The van der Waals surface area contributed by atoms with Crippen LogP contribution in [0, 0.1) is 0 Å². The van der Waals surface area contributed by atoms with Gasteiger partial charge in [0.15, 0.2) is 5.13 Å². The Bertz CT molecular complexity index is 870. The molecule has 1 fully saturated rings. The van der Waals surface area contributed by atoms with Gasteiger partial charge >= 0.3 is 0 Å². The zero-order valence-corrected chi connectivity index (χ0v) is 16.4. The molecule has 0 aliphatic carbocycles. The van der Waals surface area contributed by atoms with Crippen LogP contribution in [0.3, 0.4) is 0 Å². The zero-order valence-electron chi connectivity index (χ0n) is 15.5. The van der Waals surface area contributed by atoms with E-state index in [0.717, 1.165) is 60.1 Å². The number of piperazine rings is 1. The summed E-state index contributed by atoms with van der Waals surface area (Å²) in [7, 11) is 0. The Balaban J connectivity index is 1.44. The lowest BCUT2D eigenvalue weighted by Gasteiger charge is -2.36. The molecule has 6 heteroatoms. The Morgan fingerprint density at radius 1 is 1.11 bits per heavy atom. The minimum atomic E-state index is -0.0330. The van der Waals surface area contributed by atoms with Crippen LogP contribution in [0.25, 0.3) is 10.3 Å². The van der Waals surface area contributed by atoms with Gasteiger partial charge in [-0.25, -0.2) is 9.97 Å². The molecule has 2 aromatic heterocycles. The highest BCUT2D eigenvalue weighted by atomic mass is 32.1. The SMILES string of the molecule is CCCC(C(=O)N1CCN(c2nc3cccnc3s2)CC1)c1ccccc1. The maximum atomic E-state index is 13.2. The van der Waals surface area contributed by atoms with Gasteiger partial charge in [0.2, 0.25) is 5.91 Å². The molecule has 0 N–H and O–H groups in total. The summed E-state index contributed by atoms with van der Waals surface area (Å²) in [4.78, 5) is 27.5. The third-order valence-corrected chi connectivity index (χ3v) is 6.13. The van der Waals surface area contributed by atoms with E-state index in [0.29, 0.717) is 0 Å². The Morgan fingerprint density at radius 2 is 1.89 bits per heavy atom. The number of benzene rings is 1. The first-order valence-electron chi connectivity index (χ1n) is 9.56. The van der Waals surface area contributed by atoms with Crippen LogP contribution < -0.4 is 4.90 Å². The minimum Gasteiger partial charge on any atom is -0.344 e. The molecular formula is C21H24N4OS. The van der Waals surface area contributed by atoms with E-state index in [4.69, 9.17) is 4.98 Å². The molecule has 27 heavy (non-hydrogen) atoms. The molecule has 1 aromatic carbocycles. The van der Waals surface area contributed by atoms with Crippen LogP contribution >= 0.6 is 11.3 Å². The molecule has 1 aliphatic heterocycles. The summed E-state index contributed by atoms with van der Waals surface area (Å²) in [5.74, 6) is 0.225. The van der Waals surface area contributed by atoms with Crippen molar-refractivity contribution in [2.24, 2.45) is 0 Å². The fourth-order valence-electron chi connectivity index (χ4n) is 3.64. The number of hydrogen-bond donors (Lipinski definition) is 0. The van der Waals surface area contributed by atoms with E-state index in [1.54, 1.807) is 17.5 Å². The fraction of sp³-hybridized carbons (Fsp3) is 0.381. The van der Waals surface area contributed by atoms with Crippen LogP contribution in [0.15, 0.2) is 48.7 Å². The van der Waals surface area contributed by atoms with Crippen molar-refractivity contribution in [3.63, 3.8) is 0 Å². The predicted molar refractivity (Wildman–Crippen MR) is 110 cm³/mol. The molecule has 4 rings (SSSR count). The first-order valence-corrected chi connectivity index (χ1v) is 10.4. The number of nitrogens with zero attached hydrogens (tertiary/aromatic N) is 4. The number of rotatable bonds is 5. The van der Waals surface area contributed by atoms with Gasteiger partial charge in [-0.15, -0.1) is 0 Å². The molecule has 3 heterocycles. The minimum absolute atomic E-state index is 0.0330. The van der Waals surface area contributed by atoms with E-state index < -0.39 is 0 Å². The van der Waals surface area contributed by atoms with Crippen molar-refractivity contribution < 1.29 is 4.79 Å². The van der Waals surface area contributed by atoms with Crippen molar-refractivity contribution >= 4 is 32.7 Å². The Morgan fingerprint density at radius 3 is 2.59 bits per heavy atom. The Kier molecular flexibility index (Phi) is 5.34. The average Bonchev–Trinajstić information content (AvgIpc) is 3.16. The second-order valence-corrected chi connectivity index (χ2v) is 7.84. The van der Waals surface area contributed by atoms with Gasteiger partial charge in [0.05, 0.1) is 5.92 Å². The number of pyridine rings is 1. The van der Waals surface area contributed by atoms with Gasteiger partial charge in [-0.2, -0.15) is 0 Å². The van der Waals surface area contributed by atoms with Crippen molar-refractivity contribution in [3.05, 3.63) is 54.2 Å². The van der Waals surface area contributed by atoms with E-state index in [1.165, 1.54) is 0 Å². The zero-order chi connectivity index (χ0) is 18.6. The lowest BCUT2D eigenvalue weighted by atomic mass is 9.93. The molecule has 1 aliphatic rings. The summed E-state index contributed by atoms with van der Waals surface area (Å²) in [6, 6.07) is 14.1. The number of fused-ring (bicyclic) bond motifs is 1. The molecule has 0 saturated carbocycles. The molecule has 0 bridgehead atoms. The summed E-state index contributed by atoms with van der Waals surface area (Å²) in [6.07, 6.45) is 3.70. The second-order valence-electron chi connectivity index (χ2n) is 6.89. The topological polar surface area (TPSA) is 49.3 Å². The highest BCUT2D eigenvalue weighted by Crippen LogP contribution is 2.29. The number of amides is 1. The first kappa shape index (κ1) is 17.9. The quantitative estimate of drug-likeness (QED) is 0.673. The number of carbonyl (C=O) groups excluding carboxylic acids is 1. The van der Waals surface area contributed by atoms with Crippen molar-refractivity contribution in [1.82, 2.24) is 14.9 Å². The van der Waals surface area contributed by atoms with E-state index in [-0.39, 0.29) is 11.8 Å². The van der Waals surface area contributed by atoms with Gasteiger partial charge in [-0.1, -0.05) is 55.0 Å². The van der Waals surface area contributed by atoms with Crippen LogP contribution in [0.1, 0.15) is 31.2 Å². The van der Waals surface area contributed by atoms with Crippen LogP contribution in [-0.2, 0) is 4.79 Å². The molecule has 1 amide bonds. The summed E-state index contributed by atoms with van der Waals surface area (Å²) in [6.45, 7) is 5.27.